The Kier molecular flexibility index (Phi) is 9.38. The molecule has 0 spiro atoms. The maximum absolute atomic E-state index is 13.2. The van der Waals surface area contributed by atoms with E-state index in [0.717, 1.165) is 16.0 Å². The summed E-state index contributed by atoms with van der Waals surface area (Å²) in [5, 5.41) is 2.50. The lowest BCUT2D eigenvalue weighted by Gasteiger charge is -2.26. The van der Waals surface area contributed by atoms with E-state index in [-0.39, 0.29) is 33.7 Å². The van der Waals surface area contributed by atoms with Crippen LogP contribution in [0.5, 0.6) is 23.0 Å². The highest BCUT2D eigenvalue weighted by Crippen LogP contribution is 2.37. The Balaban J connectivity index is 1.30. The number of carbonyl (C=O) groups is 3. The smallest absolute Gasteiger partial charge is 0.335 e. The number of urea groups is 1. The third-order valence-corrected chi connectivity index (χ3v) is 7.17. The Morgan fingerprint density at radius 1 is 0.750 bits per heavy atom. The van der Waals surface area contributed by atoms with Crippen LogP contribution in [-0.4, -0.2) is 32.1 Å². The van der Waals surface area contributed by atoms with E-state index in [0.29, 0.717) is 29.4 Å². The van der Waals surface area contributed by atoms with Crippen LogP contribution in [0.4, 0.5) is 10.5 Å². The van der Waals surface area contributed by atoms with Crippen LogP contribution in [0.3, 0.4) is 0 Å². The Labute approximate surface area is 263 Å². The van der Waals surface area contributed by atoms with E-state index in [9.17, 15) is 14.4 Å². The highest BCUT2D eigenvalue weighted by Gasteiger charge is 2.37. The van der Waals surface area contributed by atoms with Crippen LogP contribution in [0.15, 0.2) is 90.5 Å². The van der Waals surface area contributed by atoms with Crippen LogP contribution in [0, 0.1) is 0 Å². The van der Waals surface area contributed by atoms with E-state index >= 15 is 0 Å². The zero-order valence-corrected chi connectivity index (χ0v) is 25.1. The number of halogens is 2. The predicted molar refractivity (Wildman–Crippen MR) is 167 cm³/mol. The second kappa shape index (κ2) is 13.5. The van der Waals surface area contributed by atoms with Gasteiger partial charge in [0.25, 0.3) is 11.8 Å². The number of anilines is 1. The number of hydrogen-bond acceptors (Lipinski definition) is 7. The summed E-state index contributed by atoms with van der Waals surface area (Å²) in [6.07, 6.45) is 1.31. The first-order valence-electron chi connectivity index (χ1n) is 13.3. The van der Waals surface area contributed by atoms with Gasteiger partial charge in [-0.1, -0.05) is 59.6 Å². The van der Waals surface area contributed by atoms with Crippen molar-refractivity contribution in [2.45, 2.75) is 13.2 Å². The van der Waals surface area contributed by atoms with Crippen molar-refractivity contribution in [3.05, 3.63) is 117 Å². The summed E-state index contributed by atoms with van der Waals surface area (Å²) in [6.45, 7) is 0.513. The number of amides is 4. The molecule has 1 fully saturated rings. The average Bonchev–Trinajstić information content (AvgIpc) is 3.02. The van der Waals surface area contributed by atoms with Crippen molar-refractivity contribution in [3.63, 3.8) is 0 Å². The number of hydrogen-bond donors (Lipinski definition) is 1. The molecule has 4 aromatic rings. The van der Waals surface area contributed by atoms with Gasteiger partial charge in [-0.25, -0.2) is 9.69 Å². The van der Waals surface area contributed by atoms with Gasteiger partial charge in [-0.3, -0.25) is 14.9 Å². The van der Waals surface area contributed by atoms with Crippen molar-refractivity contribution in [3.8, 4) is 23.0 Å². The number of nitrogens with one attached hydrogen (secondary N) is 1. The van der Waals surface area contributed by atoms with Crippen molar-refractivity contribution in [1.29, 1.82) is 0 Å². The largest absolute Gasteiger partial charge is 0.497 e. The third-order valence-electron chi connectivity index (χ3n) is 6.61. The van der Waals surface area contributed by atoms with Gasteiger partial charge in [0.05, 0.1) is 30.0 Å². The minimum Gasteiger partial charge on any atom is -0.497 e. The fourth-order valence-corrected chi connectivity index (χ4v) is 5.02. The van der Waals surface area contributed by atoms with Crippen LogP contribution in [0.25, 0.3) is 6.08 Å². The second-order valence-corrected chi connectivity index (χ2v) is 10.3. The Morgan fingerprint density at radius 2 is 1.43 bits per heavy atom. The fourth-order valence-electron chi connectivity index (χ4n) is 4.40. The van der Waals surface area contributed by atoms with Crippen molar-refractivity contribution >= 4 is 52.8 Å². The summed E-state index contributed by atoms with van der Waals surface area (Å²) in [6, 6.07) is 23.6. The molecule has 5 rings (SSSR count). The van der Waals surface area contributed by atoms with Crippen LogP contribution in [0.1, 0.15) is 16.7 Å². The minimum absolute atomic E-state index is 0.120. The van der Waals surface area contributed by atoms with Crippen LogP contribution in [-0.2, 0) is 22.8 Å². The van der Waals surface area contributed by atoms with E-state index < -0.39 is 17.8 Å². The molecule has 0 radical (unpaired) electrons. The number of rotatable bonds is 10. The maximum Gasteiger partial charge on any atom is 0.335 e. The lowest BCUT2D eigenvalue weighted by molar-refractivity contribution is -0.122. The van der Waals surface area contributed by atoms with Crippen molar-refractivity contribution in [2.75, 3.05) is 19.1 Å². The molecule has 9 nitrogen and oxygen atoms in total. The summed E-state index contributed by atoms with van der Waals surface area (Å²) < 4.78 is 22.5. The van der Waals surface area contributed by atoms with E-state index in [2.05, 4.69) is 5.32 Å². The maximum atomic E-state index is 13.2. The van der Waals surface area contributed by atoms with Gasteiger partial charge in [0.2, 0.25) is 0 Å². The quantitative estimate of drug-likeness (QED) is 0.151. The number of ether oxygens (including phenoxy) is 4. The first-order chi connectivity index (χ1) is 21.3. The van der Waals surface area contributed by atoms with Gasteiger partial charge in [-0.15, -0.1) is 0 Å². The molecule has 0 atom stereocenters. The molecule has 1 saturated heterocycles. The van der Waals surface area contributed by atoms with Gasteiger partial charge in [-0.2, -0.15) is 0 Å². The summed E-state index contributed by atoms with van der Waals surface area (Å²) in [5.74, 6) is 0.236. The first-order valence-corrected chi connectivity index (χ1v) is 14.0. The second-order valence-electron chi connectivity index (χ2n) is 9.52. The molecule has 0 saturated carbocycles. The highest BCUT2D eigenvalue weighted by molar-refractivity contribution is 6.40. The van der Waals surface area contributed by atoms with Gasteiger partial charge in [0, 0.05) is 0 Å². The van der Waals surface area contributed by atoms with Crippen LogP contribution in [0.2, 0.25) is 10.0 Å². The molecule has 0 aromatic heterocycles. The Bertz CT molecular complexity index is 1720. The van der Waals surface area contributed by atoms with Crippen LogP contribution < -0.4 is 29.2 Å². The molecular weight excluding hydrogens is 607 g/mol. The number of nitrogens with zero attached hydrogens (tertiary/aromatic N) is 1. The summed E-state index contributed by atoms with van der Waals surface area (Å²) in [7, 11) is 3.05. The lowest BCUT2D eigenvalue weighted by atomic mass is 10.1. The molecule has 4 amide bonds. The molecule has 11 heteroatoms. The zero-order chi connectivity index (χ0) is 31.2. The topological polar surface area (TPSA) is 103 Å². The normalized spacial score (nSPS) is 14.0. The molecule has 0 aliphatic carbocycles. The van der Waals surface area contributed by atoms with E-state index in [1.165, 1.54) is 37.5 Å². The summed E-state index contributed by atoms with van der Waals surface area (Å²) in [5.41, 5.74) is 2.15. The molecule has 1 N–H and O–H groups in total. The summed E-state index contributed by atoms with van der Waals surface area (Å²) >= 11 is 13.0. The van der Waals surface area contributed by atoms with Crippen molar-refractivity contribution < 1.29 is 33.3 Å². The third kappa shape index (κ3) is 6.80. The first kappa shape index (κ1) is 30.5. The van der Waals surface area contributed by atoms with Crippen molar-refractivity contribution in [1.82, 2.24) is 5.32 Å². The van der Waals surface area contributed by atoms with Gasteiger partial charge < -0.3 is 18.9 Å². The monoisotopic (exact) mass is 632 g/mol. The lowest BCUT2D eigenvalue weighted by Crippen LogP contribution is -2.54. The number of barbiturate groups is 1. The summed E-state index contributed by atoms with van der Waals surface area (Å²) in [4.78, 5) is 39.2. The predicted octanol–water partition coefficient (Wildman–Crippen LogP) is 6.84. The molecule has 1 aliphatic heterocycles. The molecule has 224 valence electrons. The zero-order valence-electron chi connectivity index (χ0n) is 23.6. The molecule has 0 unspecified atom stereocenters. The minimum atomic E-state index is -0.866. The van der Waals surface area contributed by atoms with E-state index in [1.54, 1.807) is 31.4 Å². The number of imide groups is 2. The average molecular weight is 633 g/mol. The van der Waals surface area contributed by atoms with E-state index in [1.807, 2.05) is 36.4 Å². The molecule has 1 aliphatic rings. The SMILES string of the molecule is COc1ccc(N2C(=O)NC(=O)/C(=C\c3cc(Cl)c(OCc4ccc(OCc5ccccc5)c(OC)c4)c(Cl)c3)C2=O)cc1. The molecular formula is C33H26Cl2N2O7. The Morgan fingerprint density at radius 3 is 2.09 bits per heavy atom. The molecule has 1 heterocycles. The number of benzene rings is 4. The van der Waals surface area contributed by atoms with Gasteiger partial charge in [0.15, 0.2) is 17.2 Å². The van der Waals surface area contributed by atoms with Crippen LogP contribution >= 0.6 is 23.2 Å². The molecule has 0 bridgehead atoms. The van der Waals surface area contributed by atoms with Gasteiger partial charge in [-0.05, 0) is 71.3 Å². The number of carbonyl (C=O) groups excluding carboxylic acids is 3. The number of methoxy groups -OCH3 is 2. The molecule has 4 aromatic carbocycles. The standard InChI is InChI=1S/C33H26Cl2N2O7/c1-41-24-11-9-23(10-12-24)37-32(39)25(31(38)36-33(37)40)14-22-15-26(34)30(27(35)16-22)44-19-21-8-13-28(29(17-21)42-2)43-18-20-6-4-3-5-7-20/h3-17H,18-19H2,1-2H3,(H,36,38,40)/b25-14+. The van der Waals surface area contributed by atoms with Gasteiger partial charge in [0.1, 0.15) is 24.5 Å². The fraction of sp³-hybridized carbons (Fsp3) is 0.121. The van der Waals surface area contributed by atoms with Crippen molar-refractivity contribution in [2.24, 2.45) is 0 Å². The highest BCUT2D eigenvalue weighted by atomic mass is 35.5. The Hall–Kier alpha value is -4.99. The van der Waals surface area contributed by atoms with E-state index in [4.69, 9.17) is 42.1 Å². The van der Waals surface area contributed by atoms with Gasteiger partial charge >= 0.3 is 6.03 Å². The molecule has 44 heavy (non-hydrogen) atoms.